The van der Waals surface area contributed by atoms with E-state index in [9.17, 15) is 5.11 Å². The molecule has 0 aromatic carbocycles. The lowest BCUT2D eigenvalue weighted by Crippen LogP contribution is -2.55. The molecule has 1 aliphatic carbocycles. The van der Waals surface area contributed by atoms with Crippen LogP contribution in [0.2, 0.25) is 0 Å². The number of aliphatic hydroxyl groups excluding tert-OH is 1. The highest BCUT2D eigenvalue weighted by molar-refractivity contribution is 5.99. The molecule has 25 heavy (non-hydrogen) atoms. The summed E-state index contributed by atoms with van der Waals surface area (Å²) in [4.78, 5) is 12.3. The van der Waals surface area contributed by atoms with Gasteiger partial charge < -0.3 is 25.1 Å². The van der Waals surface area contributed by atoms with Crippen LogP contribution in [0.3, 0.4) is 0 Å². The molecular weight excluding hydrogens is 326 g/mol. The van der Waals surface area contributed by atoms with Gasteiger partial charge in [0, 0.05) is 19.9 Å². The van der Waals surface area contributed by atoms with Crippen LogP contribution in [-0.4, -0.2) is 64.0 Å². The second-order valence-electron chi connectivity index (χ2n) is 7.25. The van der Waals surface area contributed by atoms with Gasteiger partial charge in [-0.05, 0) is 20.6 Å². The van der Waals surface area contributed by atoms with Crippen LogP contribution in [0.5, 0.6) is 0 Å². The maximum atomic E-state index is 9.83. The highest BCUT2D eigenvalue weighted by Crippen LogP contribution is 2.56. The first-order valence-corrected chi connectivity index (χ1v) is 8.28. The fourth-order valence-corrected chi connectivity index (χ4v) is 4.04. The van der Waals surface area contributed by atoms with Gasteiger partial charge in [-0.15, -0.1) is 0 Å². The van der Waals surface area contributed by atoms with Crippen LogP contribution in [-0.2, 0) is 14.2 Å². The zero-order valence-electron chi connectivity index (χ0n) is 14.5. The van der Waals surface area contributed by atoms with Gasteiger partial charge >= 0.3 is 0 Å². The first-order chi connectivity index (χ1) is 11.8. The summed E-state index contributed by atoms with van der Waals surface area (Å²) in [6.45, 7) is 7.37. The van der Waals surface area contributed by atoms with Gasteiger partial charge in [0.05, 0.1) is 12.4 Å². The summed E-state index contributed by atoms with van der Waals surface area (Å²) in [5.74, 6) is 0.0190. The van der Waals surface area contributed by atoms with Crippen LogP contribution in [0.1, 0.15) is 38.6 Å². The molecule has 1 aromatic rings. The Kier molecular flexibility index (Phi) is 3.56. The number of ether oxygens (including phenoxy) is 3. The molecule has 0 unspecified atom stereocenters. The van der Waals surface area contributed by atoms with Gasteiger partial charge in [-0.25, -0.2) is 9.98 Å². The largest absolute Gasteiger partial charge is 0.393 e. The third-order valence-corrected chi connectivity index (χ3v) is 5.12. The number of aromatic nitrogens is 2. The third-order valence-electron chi connectivity index (χ3n) is 5.12. The number of nitrogens with two attached hydrogens (primary N) is 1. The summed E-state index contributed by atoms with van der Waals surface area (Å²) in [6, 6.07) is 0. The lowest BCUT2D eigenvalue weighted by molar-refractivity contribution is -0.251. The minimum Gasteiger partial charge on any atom is -0.393 e. The molecule has 136 valence electrons. The fraction of sp³-hybridized carbons (Fsp3) is 0.688. The molecule has 3 heterocycles. The van der Waals surface area contributed by atoms with E-state index in [1.807, 2.05) is 13.8 Å². The number of aliphatic imine (C=N–C) groups is 2. The normalized spacial score (nSPS) is 39.4. The highest BCUT2D eigenvalue weighted by atomic mass is 16.8. The Balaban J connectivity index is 1.74. The van der Waals surface area contributed by atoms with Gasteiger partial charge in [0.1, 0.15) is 29.3 Å². The van der Waals surface area contributed by atoms with Crippen molar-refractivity contribution in [1.82, 2.24) is 9.55 Å². The van der Waals surface area contributed by atoms with E-state index in [1.54, 1.807) is 17.9 Å². The van der Waals surface area contributed by atoms with E-state index < -0.39 is 17.6 Å². The van der Waals surface area contributed by atoms with Crippen LogP contribution >= 0.6 is 0 Å². The van der Waals surface area contributed by atoms with Gasteiger partial charge in [0.2, 0.25) is 0 Å². The minimum absolute atomic E-state index is 0.267. The van der Waals surface area contributed by atoms with Gasteiger partial charge in [0.15, 0.2) is 17.8 Å². The van der Waals surface area contributed by atoms with Crippen molar-refractivity contribution < 1.29 is 19.3 Å². The van der Waals surface area contributed by atoms with Crippen LogP contribution < -0.4 is 5.73 Å². The molecule has 4 rings (SSSR count). The highest BCUT2D eigenvalue weighted by Gasteiger charge is 2.67. The predicted molar refractivity (Wildman–Crippen MR) is 90.0 cm³/mol. The smallest absolute Gasteiger partial charge is 0.166 e. The maximum absolute atomic E-state index is 9.83. The van der Waals surface area contributed by atoms with E-state index in [0.717, 1.165) is 0 Å². The summed E-state index contributed by atoms with van der Waals surface area (Å²) in [5.41, 5.74) is 5.79. The molecule has 1 aromatic heterocycles. The molecule has 0 amide bonds. The molecule has 9 nitrogen and oxygen atoms in total. The molecule has 0 radical (unpaired) electrons. The zero-order chi connectivity index (χ0) is 18.0. The summed E-state index contributed by atoms with van der Waals surface area (Å²) >= 11 is 0. The molecule has 9 heteroatoms. The summed E-state index contributed by atoms with van der Waals surface area (Å²) in [5, 5.41) is 9.83. The van der Waals surface area contributed by atoms with Crippen molar-refractivity contribution in [2.75, 3.05) is 7.05 Å². The van der Waals surface area contributed by atoms with Crippen molar-refractivity contribution in [3.05, 3.63) is 12.0 Å². The number of fused-ring (bicyclic) bond motifs is 2. The molecule has 1 spiro atoms. The van der Waals surface area contributed by atoms with E-state index >= 15 is 0 Å². The van der Waals surface area contributed by atoms with E-state index in [-0.39, 0.29) is 24.1 Å². The van der Waals surface area contributed by atoms with Gasteiger partial charge in [-0.3, -0.25) is 9.56 Å². The zero-order valence-corrected chi connectivity index (χ0v) is 14.5. The van der Waals surface area contributed by atoms with Gasteiger partial charge in [-0.1, -0.05) is 0 Å². The first-order valence-electron chi connectivity index (χ1n) is 8.28. The van der Waals surface area contributed by atoms with E-state index in [2.05, 4.69) is 21.7 Å². The molecule has 3 aliphatic rings. The van der Waals surface area contributed by atoms with Gasteiger partial charge in [-0.2, -0.15) is 0 Å². The van der Waals surface area contributed by atoms with E-state index in [1.165, 1.54) is 0 Å². The quantitative estimate of drug-likeness (QED) is 0.606. The third kappa shape index (κ3) is 2.34. The van der Waals surface area contributed by atoms with Crippen molar-refractivity contribution in [3.63, 3.8) is 0 Å². The summed E-state index contributed by atoms with van der Waals surface area (Å²) in [6.07, 6.45) is 1.14. The standard InChI is InChI=1S/C16H23N5O4/c1-15(2)23-10-11(24-15)16(5-8(22)6-16)25-14(10)21-7-20-9(12(17)18-3)13(21)19-4/h7-8,10-11,14,22H,4-6H2,1-3H3,(H2,17,18)/t8?,10-,11+,14-,16?/m1/s1. The lowest BCUT2D eigenvalue weighted by Gasteiger charge is -2.45. The maximum Gasteiger partial charge on any atom is 0.166 e. The summed E-state index contributed by atoms with van der Waals surface area (Å²) < 4.78 is 20.3. The topological polar surface area (TPSA) is 116 Å². The van der Waals surface area contributed by atoms with Crippen LogP contribution in [0, 0.1) is 0 Å². The number of amidine groups is 1. The molecule has 2 aliphatic heterocycles. The lowest BCUT2D eigenvalue weighted by atomic mass is 9.73. The second-order valence-corrected chi connectivity index (χ2v) is 7.25. The Morgan fingerprint density at radius 2 is 2.12 bits per heavy atom. The number of imidazole rings is 1. The van der Waals surface area contributed by atoms with Crippen molar-refractivity contribution in [3.8, 4) is 0 Å². The minimum atomic E-state index is -0.722. The number of aliphatic hydroxyl groups is 1. The van der Waals surface area contributed by atoms with E-state index in [0.29, 0.717) is 24.4 Å². The summed E-state index contributed by atoms with van der Waals surface area (Å²) in [7, 11) is 1.59. The monoisotopic (exact) mass is 349 g/mol. The molecule has 3 N–H and O–H groups in total. The molecule has 3 fully saturated rings. The molecule has 1 saturated carbocycles. The Bertz CT molecular complexity index is 737. The average molecular weight is 349 g/mol. The fourth-order valence-electron chi connectivity index (χ4n) is 4.04. The van der Waals surface area contributed by atoms with Gasteiger partial charge in [0.25, 0.3) is 0 Å². The Hall–Kier alpha value is -1.81. The molecule has 3 atom stereocenters. The second kappa shape index (κ2) is 5.34. The number of hydrogen-bond donors (Lipinski definition) is 2. The Morgan fingerprint density at radius 1 is 1.40 bits per heavy atom. The Labute approximate surface area is 145 Å². The number of hydrogen-bond acceptors (Lipinski definition) is 7. The molecular formula is C16H23N5O4. The van der Waals surface area contributed by atoms with Crippen molar-refractivity contribution in [2.24, 2.45) is 15.7 Å². The van der Waals surface area contributed by atoms with Crippen LogP contribution in [0.4, 0.5) is 5.82 Å². The van der Waals surface area contributed by atoms with E-state index in [4.69, 9.17) is 19.9 Å². The molecule has 0 bridgehead atoms. The number of nitrogens with zero attached hydrogens (tertiary/aromatic N) is 4. The first kappa shape index (κ1) is 16.6. The van der Waals surface area contributed by atoms with Crippen molar-refractivity contribution in [1.29, 1.82) is 0 Å². The van der Waals surface area contributed by atoms with Crippen LogP contribution in [0.25, 0.3) is 0 Å². The van der Waals surface area contributed by atoms with Crippen molar-refractivity contribution in [2.45, 2.75) is 62.6 Å². The van der Waals surface area contributed by atoms with Crippen molar-refractivity contribution >= 4 is 18.4 Å². The number of rotatable bonds is 3. The molecule has 2 saturated heterocycles. The average Bonchev–Trinajstić information content (AvgIpc) is 3.16. The predicted octanol–water partition coefficient (Wildman–Crippen LogP) is 0.493. The SMILES string of the molecule is C=Nc1c(C(N)=NC)ncn1[C@@H]1OC2(CC(O)C2)[C@H]2OC(C)(C)O[C@@H]12. The Morgan fingerprint density at radius 3 is 2.72 bits per heavy atom. The van der Waals surface area contributed by atoms with Crippen LogP contribution in [0.15, 0.2) is 16.3 Å².